The normalized spacial score (nSPS) is 14.0. The van der Waals surface area contributed by atoms with Gasteiger partial charge in [-0.15, -0.1) is 0 Å². The Labute approximate surface area is 154 Å². The van der Waals surface area contributed by atoms with Crippen LogP contribution in [0.15, 0.2) is 48.5 Å². The van der Waals surface area contributed by atoms with Crippen molar-refractivity contribution in [2.45, 2.75) is 19.3 Å². The minimum absolute atomic E-state index is 0.695. The maximum Gasteiger partial charge on any atom is 0.225 e. The summed E-state index contributed by atoms with van der Waals surface area (Å²) in [5, 5.41) is 4.53. The summed E-state index contributed by atoms with van der Waals surface area (Å²) >= 11 is 0. The van der Waals surface area contributed by atoms with Crippen LogP contribution in [0.4, 0.5) is 11.8 Å². The molecule has 4 rings (SSSR count). The van der Waals surface area contributed by atoms with Gasteiger partial charge in [-0.1, -0.05) is 30.3 Å². The van der Waals surface area contributed by atoms with E-state index in [1.165, 1.54) is 18.4 Å². The fourth-order valence-corrected chi connectivity index (χ4v) is 3.53. The van der Waals surface area contributed by atoms with Crippen molar-refractivity contribution >= 4 is 22.7 Å². The summed E-state index contributed by atoms with van der Waals surface area (Å²) in [7, 11) is 1.71. The molecule has 26 heavy (non-hydrogen) atoms. The standard InChI is InChI=1S/C21H24N4O/c1-26-19-11-5-2-8-16(19)12-13-22-21-23-18-10-4-3-9-17(18)20(24-21)25-14-6-7-15-25/h2-5,8-11H,6-7,12-15H2,1H3,(H,22,23,24). The zero-order chi connectivity index (χ0) is 17.8. The number of hydrogen-bond donors (Lipinski definition) is 1. The highest BCUT2D eigenvalue weighted by atomic mass is 16.5. The predicted octanol–water partition coefficient (Wildman–Crippen LogP) is 3.89. The number of fused-ring (bicyclic) bond motifs is 1. The van der Waals surface area contributed by atoms with Crippen LogP contribution in [0.3, 0.4) is 0 Å². The average molecular weight is 348 g/mol. The van der Waals surface area contributed by atoms with Crippen molar-refractivity contribution in [2.75, 3.05) is 37.0 Å². The lowest BCUT2D eigenvalue weighted by Gasteiger charge is -2.19. The molecule has 1 saturated heterocycles. The van der Waals surface area contributed by atoms with Crippen LogP contribution < -0.4 is 15.0 Å². The molecule has 0 atom stereocenters. The number of anilines is 2. The van der Waals surface area contributed by atoms with E-state index in [-0.39, 0.29) is 0 Å². The van der Waals surface area contributed by atoms with Gasteiger partial charge < -0.3 is 15.0 Å². The zero-order valence-electron chi connectivity index (χ0n) is 15.1. The minimum Gasteiger partial charge on any atom is -0.496 e. The zero-order valence-corrected chi connectivity index (χ0v) is 15.1. The molecular weight excluding hydrogens is 324 g/mol. The number of para-hydroxylation sites is 2. The van der Waals surface area contributed by atoms with Crippen molar-refractivity contribution in [3.05, 3.63) is 54.1 Å². The highest BCUT2D eigenvalue weighted by molar-refractivity contribution is 5.90. The smallest absolute Gasteiger partial charge is 0.225 e. The van der Waals surface area contributed by atoms with Crippen molar-refractivity contribution in [1.29, 1.82) is 0 Å². The number of nitrogens with one attached hydrogen (secondary N) is 1. The largest absolute Gasteiger partial charge is 0.496 e. The SMILES string of the molecule is COc1ccccc1CCNc1nc(N2CCCC2)c2ccccc2n1. The highest BCUT2D eigenvalue weighted by Gasteiger charge is 2.18. The second-order valence-corrected chi connectivity index (χ2v) is 6.57. The van der Waals surface area contributed by atoms with Gasteiger partial charge in [-0.05, 0) is 43.0 Å². The van der Waals surface area contributed by atoms with Gasteiger partial charge in [-0.3, -0.25) is 0 Å². The molecular formula is C21H24N4O. The van der Waals surface area contributed by atoms with E-state index in [0.29, 0.717) is 5.95 Å². The van der Waals surface area contributed by atoms with Gasteiger partial charge in [0.05, 0.1) is 12.6 Å². The minimum atomic E-state index is 0.695. The Morgan fingerprint density at radius 3 is 2.62 bits per heavy atom. The molecule has 1 aromatic heterocycles. The van der Waals surface area contributed by atoms with Gasteiger partial charge in [0.2, 0.25) is 5.95 Å². The Bertz CT molecular complexity index is 890. The summed E-state index contributed by atoms with van der Waals surface area (Å²) in [5.41, 5.74) is 2.17. The highest BCUT2D eigenvalue weighted by Crippen LogP contribution is 2.28. The molecule has 2 heterocycles. The van der Waals surface area contributed by atoms with Gasteiger partial charge in [0.15, 0.2) is 0 Å². The topological polar surface area (TPSA) is 50.3 Å². The molecule has 3 aromatic rings. The number of methoxy groups -OCH3 is 1. The first-order chi connectivity index (χ1) is 12.8. The molecule has 0 amide bonds. The Balaban J connectivity index is 1.54. The van der Waals surface area contributed by atoms with Gasteiger partial charge in [0.25, 0.3) is 0 Å². The second kappa shape index (κ2) is 7.60. The number of rotatable bonds is 6. The maximum absolute atomic E-state index is 5.43. The van der Waals surface area contributed by atoms with Gasteiger partial charge in [-0.25, -0.2) is 4.98 Å². The molecule has 1 N–H and O–H groups in total. The third-order valence-corrected chi connectivity index (χ3v) is 4.86. The van der Waals surface area contributed by atoms with E-state index in [9.17, 15) is 0 Å². The molecule has 0 saturated carbocycles. The van der Waals surface area contributed by atoms with Crippen LogP contribution in [-0.2, 0) is 6.42 Å². The molecule has 0 spiro atoms. The monoisotopic (exact) mass is 348 g/mol. The van der Waals surface area contributed by atoms with Gasteiger partial charge >= 0.3 is 0 Å². The van der Waals surface area contributed by atoms with Crippen molar-refractivity contribution in [3.63, 3.8) is 0 Å². The van der Waals surface area contributed by atoms with Crippen LogP contribution in [0.1, 0.15) is 18.4 Å². The Hall–Kier alpha value is -2.82. The average Bonchev–Trinajstić information content (AvgIpc) is 3.22. The number of nitrogens with zero attached hydrogens (tertiary/aromatic N) is 3. The quantitative estimate of drug-likeness (QED) is 0.732. The first-order valence-corrected chi connectivity index (χ1v) is 9.22. The number of benzene rings is 2. The first kappa shape index (κ1) is 16.6. The van der Waals surface area contributed by atoms with Gasteiger partial charge in [-0.2, -0.15) is 4.98 Å². The number of ether oxygens (including phenoxy) is 1. The number of aromatic nitrogens is 2. The lowest BCUT2D eigenvalue weighted by molar-refractivity contribution is 0.410. The van der Waals surface area contributed by atoms with Gasteiger partial charge in [0.1, 0.15) is 11.6 Å². The third-order valence-electron chi connectivity index (χ3n) is 4.86. The molecule has 1 fully saturated rings. The van der Waals surface area contributed by atoms with E-state index in [1.54, 1.807) is 7.11 Å². The summed E-state index contributed by atoms with van der Waals surface area (Å²) in [6.07, 6.45) is 3.32. The molecule has 134 valence electrons. The molecule has 0 bridgehead atoms. The van der Waals surface area contributed by atoms with Gasteiger partial charge in [0, 0.05) is 25.0 Å². The summed E-state index contributed by atoms with van der Waals surface area (Å²) in [4.78, 5) is 11.9. The molecule has 0 aliphatic carbocycles. The van der Waals surface area contributed by atoms with Crippen molar-refractivity contribution in [1.82, 2.24) is 9.97 Å². The lowest BCUT2D eigenvalue weighted by atomic mass is 10.1. The summed E-state index contributed by atoms with van der Waals surface area (Å²) in [6.45, 7) is 2.90. The van der Waals surface area contributed by atoms with Crippen LogP contribution in [0, 0.1) is 0 Å². The molecule has 1 aliphatic heterocycles. The molecule has 5 nitrogen and oxygen atoms in total. The van der Waals surface area contributed by atoms with Crippen LogP contribution >= 0.6 is 0 Å². The fourth-order valence-electron chi connectivity index (χ4n) is 3.53. The van der Waals surface area contributed by atoms with Crippen LogP contribution in [0.2, 0.25) is 0 Å². The fraction of sp³-hybridized carbons (Fsp3) is 0.333. The molecule has 0 radical (unpaired) electrons. The second-order valence-electron chi connectivity index (χ2n) is 6.57. The Kier molecular flexibility index (Phi) is 4.86. The first-order valence-electron chi connectivity index (χ1n) is 9.22. The summed E-state index contributed by atoms with van der Waals surface area (Å²) < 4.78 is 5.43. The molecule has 0 unspecified atom stereocenters. The van der Waals surface area contributed by atoms with E-state index in [0.717, 1.165) is 48.5 Å². The molecule has 2 aromatic carbocycles. The van der Waals surface area contributed by atoms with E-state index in [1.807, 2.05) is 24.3 Å². The Morgan fingerprint density at radius 1 is 1.00 bits per heavy atom. The van der Waals surface area contributed by atoms with Crippen LogP contribution in [0.25, 0.3) is 10.9 Å². The van der Waals surface area contributed by atoms with E-state index in [2.05, 4.69) is 34.5 Å². The van der Waals surface area contributed by atoms with E-state index >= 15 is 0 Å². The van der Waals surface area contributed by atoms with Crippen molar-refractivity contribution < 1.29 is 4.74 Å². The Morgan fingerprint density at radius 2 is 1.77 bits per heavy atom. The number of hydrogen-bond acceptors (Lipinski definition) is 5. The third kappa shape index (κ3) is 3.43. The van der Waals surface area contributed by atoms with Crippen LogP contribution in [0.5, 0.6) is 5.75 Å². The summed E-state index contributed by atoms with van der Waals surface area (Å²) in [5.74, 6) is 2.67. The molecule has 5 heteroatoms. The van der Waals surface area contributed by atoms with E-state index < -0.39 is 0 Å². The maximum atomic E-state index is 5.43. The lowest BCUT2D eigenvalue weighted by Crippen LogP contribution is -2.20. The van der Waals surface area contributed by atoms with Crippen molar-refractivity contribution in [3.8, 4) is 5.75 Å². The van der Waals surface area contributed by atoms with E-state index in [4.69, 9.17) is 14.7 Å². The van der Waals surface area contributed by atoms with Crippen molar-refractivity contribution in [2.24, 2.45) is 0 Å². The van der Waals surface area contributed by atoms with Crippen LogP contribution in [-0.4, -0.2) is 36.7 Å². The predicted molar refractivity (Wildman–Crippen MR) is 106 cm³/mol. The summed E-state index contributed by atoms with van der Waals surface area (Å²) in [6, 6.07) is 16.4. The molecule has 1 aliphatic rings.